The first kappa shape index (κ1) is 15.6. The number of hydrogen-bond acceptors (Lipinski definition) is 4. The largest absolute Gasteiger partial charge is 0.399 e. The van der Waals surface area contributed by atoms with E-state index in [1.807, 2.05) is 12.1 Å². The SMILES string of the molecule is Nc1ccc(N2CCC(CCCN3CCNCC3)CC2)cc1. The molecule has 2 fully saturated rings. The second-order valence-corrected chi connectivity index (χ2v) is 6.76. The first-order valence-electron chi connectivity index (χ1n) is 8.85. The van der Waals surface area contributed by atoms with E-state index in [1.165, 1.54) is 77.2 Å². The lowest BCUT2D eigenvalue weighted by Crippen LogP contribution is -2.43. The fraction of sp³-hybridized carbons (Fsp3) is 0.667. The van der Waals surface area contributed by atoms with Crippen molar-refractivity contribution in [1.82, 2.24) is 10.2 Å². The number of rotatable bonds is 5. The van der Waals surface area contributed by atoms with E-state index < -0.39 is 0 Å². The molecule has 0 unspecified atom stereocenters. The van der Waals surface area contributed by atoms with Crippen molar-refractivity contribution >= 4 is 11.4 Å². The molecule has 0 radical (unpaired) electrons. The van der Waals surface area contributed by atoms with E-state index in [9.17, 15) is 0 Å². The highest BCUT2D eigenvalue weighted by Gasteiger charge is 2.19. The second kappa shape index (κ2) is 7.84. The van der Waals surface area contributed by atoms with Crippen LogP contribution in [0.25, 0.3) is 0 Å². The lowest BCUT2D eigenvalue weighted by atomic mass is 9.92. The average molecular weight is 302 g/mol. The molecule has 2 aliphatic heterocycles. The quantitative estimate of drug-likeness (QED) is 0.818. The van der Waals surface area contributed by atoms with Gasteiger partial charge < -0.3 is 20.9 Å². The zero-order valence-electron chi connectivity index (χ0n) is 13.6. The summed E-state index contributed by atoms with van der Waals surface area (Å²) >= 11 is 0. The van der Waals surface area contributed by atoms with Gasteiger partial charge in [-0.25, -0.2) is 0 Å². The van der Waals surface area contributed by atoms with Crippen molar-refractivity contribution in [2.45, 2.75) is 25.7 Å². The van der Waals surface area contributed by atoms with Gasteiger partial charge in [0.1, 0.15) is 0 Å². The maximum Gasteiger partial charge on any atom is 0.0367 e. The Morgan fingerprint density at radius 2 is 1.68 bits per heavy atom. The Labute approximate surface area is 134 Å². The normalized spacial score (nSPS) is 21.2. The van der Waals surface area contributed by atoms with Crippen LogP contribution in [0.4, 0.5) is 11.4 Å². The third-order valence-corrected chi connectivity index (χ3v) is 5.17. The highest BCUT2D eigenvalue weighted by molar-refractivity contribution is 5.53. The number of nitrogens with one attached hydrogen (secondary N) is 1. The molecule has 2 aliphatic rings. The van der Waals surface area contributed by atoms with Crippen LogP contribution in [0.2, 0.25) is 0 Å². The second-order valence-electron chi connectivity index (χ2n) is 6.76. The topological polar surface area (TPSA) is 44.5 Å². The van der Waals surface area contributed by atoms with E-state index in [1.54, 1.807) is 0 Å². The van der Waals surface area contributed by atoms with Crippen LogP contribution >= 0.6 is 0 Å². The molecule has 4 heteroatoms. The number of piperidine rings is 1. The van der Waals surface area contributed by atoms with Crippen LogP contribution in [-0.2, 0) is 0 Å². The number of benzene rings is 1. The van der Waals surface area contributed by atoms with E-state index in [0.29, 0.717) is 0 Å². The number of nitrogen functional groups attached to an aromatic ring is 1. The molecule has 0 atom stereocenters. The van der Waals surface area contributed by atoms with Gasteiger partial charge in [0.15, 0.2) is 0 Å². The molecule has 4 nitrogen and oxygen atoms in total. The van der Waals surface area contributed by atoms with E-state index in [4.69, 9.17) is 5.73 Å². The Kier molecular flexibility index (Phi) is 5.57. The molecule has 0 amide bonds. The van der Waals surface area contributed by atoms with Gasteiger partial charge in [-0.15, -0.1) is 0 Å². The van der Waals surface area contributed by atoms with Crippen molar-refractivity contribution in [3.05, 3.63) is 24.3 Å². The highest BCUT2D eigenvalue weighted by atomic mass is 15.2. The van der Waals surface area contributed by atoms with Crippen LogP contribution in [0.3, 0.4) is 0 Å². The summed E-state index contributed by atoms with van der Waals surface area (Å²) in [6, 6.07) is 8.32. The van der Waals surface area contributed by atoms with Crippen molar-refractivity contribution in [1.29, 1.82) is 0 Å². The van der Waals surface area contributed by atoms with Gasteiger partial charge in [-0.2, -0.15) is 0 Å². The molecule has 1 aromatic carbocycles. The summed E-state index contributed by atoms with van der Waals surface area (Å²) in [5.74, 6) is 0.924. The molecule has 0 aliphatic carbocycles. The molecular weight excluding hydrogens is 272 g/mol. The number of nitrogens with two attached hydrogens (primary N) is 1. The van der Waals surface area contributed by atoms with Gasteiger partial charge in [-0.1, -0.05) is 0 Å². The fourth-order valence-electron chi connectivity index (χ4n) is 3.70. The first-order chi connectivity index (χ1) is 10.8. The third-order valence-electron chi connectivity index (χ3n) is 5.17. The molecule has 0 aromatic heterocycles. The number of hydrogen-bond donors (Lipinski definition) is 2. The zero-order valence-corrected chi connectivity index (χ0v) is 13.6. The van der Waals surface area contributed by atoms with Crippen molar-refractivity contribution in [3.8, 4) is 0 Å². The van der Waals surface area contributed by atoms with Gasteiger partial charge in [0.2, 0.25) is 0 Å². The van der Waals surface area contributed by atoms with Crippen LogP contribution in [-0.4, -0.2) is 50.7 Å². The Morgan fingerprint density at radius 1 is 1.00 bits per heavy atom. The summed E-state index contributed by atoms with van der Waals surface area (Å²) in [6.45, 7) is 8.48. The van der Waals surface area contributed by atoms with Gasteiger partial charge in [0.25, 0.3) is 0 Å². The number of anilines is 2. The Bertz CT molecular complexity index is 431. The van der Waals surface area contributed by atoms with Gasteiger partial charge >= 0.3 is 0 Å². The molecule has 122 valence electrons. The fourth-order valence-corrected chi connectivity index (χ4v) is 3.70. The van der Waals surface area contributed by atoms with E-state index in [2.05, 4.69) is 27.2 Å². The minimum Gasteiger partial charge on any atom is -0.399 e. The van der Waals surface area contributed by atoms with Crippen LogP contribution in [0.1, 0.15) is 25.7 Å². The Morgan fingerprint density at radius 3 is 2.36 bits per heavy atom. The van der Waals surface area contributed by atoms with E-state index >= 15 is 0 Å². The predicted octanol–water partition coefficient (Wildman–Crippen LogP) is 2.17. The van der Waals surface area contributed by atoms with Gasteiger partial charge in [-0.05, 0) is 62.4 Å². The molecule has 1 aromatic rings. The summed E-state index contributed by atoms with van der Waals surface area (Å²) < 4.78 is 0. The van der Waals surface area contributed by atoms with Crippen LogP contribution in [0.15, 0.2) is 24.3 Å². The summed E-state index contributed by atoms with van der Waals surface area (Å²) in [5, 5.41) is 3.42. The Balaban J connectivity index is 1.35. The van der Waals surface area contributed by atoms with Crippen molar-refractivity contribution in [2.24, 2.45) is 5.92 Å². The predicted molar refractivity (Wildman–Crippen MR) is 94.3 cm³/mol. The molecule has 2 saturated heterocycles. The molecular formula is C18H30N4. The van der Waals surface area contributed by atoms with Crippen molar-refractivity contribution in [2.75, 3.05) is 56.4 Å². The lowest BCUT2D eigenvalue weighted by Gasteiger charge is -2.34. The summed E-state index contributed by atoms with van der Waals surface area (Å²) in [4.78, 5) is 5.12. The van der Waals surface area contributed by atoms with Crippen LogP contribution in [0.5, 0.6) is 0 Å². The zero-order chi connectivity index (χ0) is 15.2. The summed E-state index contributed by atoms with van der Waals surface area (Å²) in [6.07, 6.45) is 5.45. The third kappa shape index (κ3) is 4.37. The summed E-state index contributed by atoms with van der Waals surface area (Å²) in [5.41, 5.74) is 7.95. The summed E-state index contributed by atoms with van der Waals surface area (Å²) in [7, 11) is 0. The van der Waals surface area contributed by atoms with Gasteiger partial charge in [0, 0.05) is 50.6 Å². The highest BCUT2D eigenvalue weighted by Crippen LogP contribution is 2.26. The molecule has 3 rings (SSSR count). The van der Waals surface area contributed by atoms with Crippen molar-refractivity contribution in [3.63, 3.8) is 0 Å². The number of nitrogens with zero attached hydrogens (tertiary/aromatic N) is 2. The van der Waals surface area contributed by atoms with Crippen LogP contribution < -0.4 is 16.0 Å². The minimum absolute atomic E-state index is 0.853. The molecule has 0 saturated carbocycles. The average Bonchev–Trinajstić information content (AvgIpc) is 2.57. The minimum atomic E-state index is 0.853. The molecule has 2 heterocycles. The maximum atomic E-state index is 5.77. The maximum absolute atomic E-state index is 5.77. The molecule has 22 heavy (non-hydrogen) atoms. The van der Waals surface area contributed by atoms with Gasteiger partial charge in [0.05, 0.1) is 0 Å². The van der Waals surface area contributed by atoms with Gasteiger partial charge in [-0.3, -0.25) is 0 Å². The van der Waals surface area contributed by atoms with Crippen LogP contribution in [0, 0.1) is 5.92 Å². The number of piperazine rings is 1. The lowest BCUT2D eigenvalue weighted by molar-refractivity contribution is 0.227. The van der Waals surface area contributed by atoms with E-state index in [0.717, 1.165) is 11.6 Å². The van der Waals surface area contributed by atoms with Crippen molar-refractivity contribution < 1.29 is 0 Å². The Hall–Kier alpha value is -1.26. The smallest absolute Gasteiger partial charge is 0.0367 e. The molecule has 0 bridgehead atoms. The first-order valence-corrected chi connectivity index (χ1v) is 8.85. The monoisotopic (exact) mass is 302 g/mol. The standard InChI is InChI=1S/C18H30N4/c19-17-3-5-18(6-4-17)22-12-7-16(8-13-22)2-1-11-21-14-9-20-10-15-21/h3-6,16,20H,1-2,7-15,19H2. The molecule has 0 spiro atoms. The molecule has 3 N–H and O–H groups in total. The van der Waals surface area contributed by atoms with E-state index in [-0.39, 0.29) is 0 Å².